The Morgan fingerprint density at radius 2 is 1.82 bits per heavy atom. The summed E-state index contributed by atoms with van der Waals surface area (Å²) in [6.45, 7) is 5.02. The molecule has 22 heavy (non-hydrogen) atoms. The number of nitrogens with two attached hydrogens (primary N) is 1. The van der Waals surface area contributed by atoms with Crippen molar-refractivity contribution in [3.63, 3.8) is 0 Å². The minimum atomic E-state index is 0.0432. The molecule has 1 amide bonds. The molecule has 1 saturated heterocycles. The Morgan fingerprint density at radius 3 is 2.55 bits per heavy atom. The van der Waals surface area contributed by atoms with Gasteiger partial charge in [-0.15, -0.1) is 0 Å². The number of amides is 1. The van der Waals surface area contributed by atoms with Crippen molar-refractivity contribution in [2.75, 3.05) is 12.3 Å². The minimum absolute atomic E-state index is 0.0432. The number of aryl methyl sites for hydroxylation is 1. The van der Waals surface area contributed by atoms with Gasteiger partial charge < -0.3 is 10.6 Å². The van der Waals surface area contributed by atoms with E-state index in [4.69, 9.17) is 5.73 Å². The zero-order chi connectivity index (χ0) is 15.7. The molecule has 3 rings (SSSR count). The molecule has 2 atom stereocenters. The monoisotopic (exact) mass is 294 g/mol. The summed E-state index contributed by atoms with van der Waals surface area (Å²) in [6, 6.07) is 16.0. The van der Waals surface area contributed by atoms with Crippen LogP contribution in [0.4, 0.5) is 5.69 Å². The first-order chi connectivity index (χ1) is 10.6. The van der Waals surface area contributed by atoms with Crippen LogP contribution in [0.1, 0.15) is 40.7 Å². The molecule has 3 heteroatoms. The molecule has 114 valence electrons. The smallest absolute Gasteiger partial charge is 0.256 e. The highest BCUT2D eigenvalue weighted by Gasteiger charge is 2.34. The van der Waals surface area contributed by atoms with Gasteiger partial charge in [0.2, 0.25) is 0 Å². The lowest BCUT2D eigenvalue weighted by molar-refractivity contribution is 0.0747. The van der Waals surface area contributed by atoms with E-state index in [0.29, 0.717) is 17.2 Å². The number of carbonyl (C=O) groups is 1. The van der Waals surface area contributed by atoms with E-state index in [1.54, 1.807) is 6.07 Å². The van der Waals surface area contributed by atoms with Crippen molar-refractivity contribution >= 4 is 11.6 Å². The summed E-state index contributed by atoms with van der Waals surface area (Å²) in [7, 11) is 0. The molecule has 0 bridgehead atoms. The van der Waals surface area contributed by atoms with Crippen molar-refractivity contribution in [1.82, 2.24) is 4.90 Å². The van der Waals surface area contributed by atoms with Crippen LogP contribution in [0.2, 0.25) is 0 Å². The average Bonchev–Trinajstić information content (AvgIpc) is 2.89. The van der Waals surface area contributed by atoms with Gasteiger partial charge in [-0.25, -0.2) is 0 Å². The molecule has 2 unspecified atom stereocenters. The molecule has 1 aliphatic rings. The number of rotatable bonds is 2. The standard InChI is InChI=1S/C19H22N2O/c1-13-7-3-4-8-16(13)15-11-14(2)21(12-15)19(22)17-9-5-6-10-18(17)20/h3-10,14-15H,11-12,20H2,1-2H3. The topological polar surface area (TPSA) is 46.3 Å². The summed E-state index contributed by atoms with van der Waals surface area (Å²) in [4.78, 5) is 14.7. The van der Waals surface area contributed by atoms with Crippen LogP contribution in [0.25, 0.3) is 0 Å². The van der Waals surface area contributed by atoms with Crippen molar-refractivity contribution in [2.45, 2.75) is 32.2 Å². The summed E-state index contributed by atoms with van der Waals surface area (Å²) < 4.78 is 0. The summed E-state index contributed by atoms with van der Waals surface area (Å²) in [5.74, 6) is 0.451. The first-order valence-electron chi connectivity index (χ1n) is 7.79. The van der Waals surface area contributed by atoms with Crippen LogP contribution in [0.5, 0.6) is 0 Å². The van der Waals surface area contributed by atoms with Crippen LogP contribution in [-0.4, -0.2) is 23.4 Å². The lowest BCUT2D eigenvalue weighted by Gasteiger charge is -2.22. The Kier molecular flexibility index (Phi) is 3.88. The molecule has 0 aromatic heterocycles. The van der Waals surface area contributed by atoms with Crippen LogP contribution in [0.15, 0.2) is 48.5 Å². The zero-order valence-corrected chi connectivity index (χ0v) is 13.1. The Morgan fingerprint density at radius 1 is 1.14 bits per heavy atom. The van der Waals surface area contributed by atoms with E-state index in [0.717, 1.165) is 13.0 Å². The number of nitrogens with zero attached hydrogens (tertiary/aromatic N) is 1. The fraction of sp³-hybridized carbons (Fsp3) is 0.316. The quantitative estimate of drug-likeness (QED) is 0.860. The van der Waals surface area contributed by atoms with E-state index in [-0.39, 0.29) is 11.9 Å². The maximum atomic E-state index is 12.8. The largest absolute Gasteiger partial charge is 0.398 e. The highest BCUT2D eigenvalue weighted by atomic mass is 16.2. The lowest BCUT2D eigenvalue weighted by Crippen LogP contribution is -2.34. The first kappa shape index (κ1) is 14.6. The molecule has 2 N–H and O–H groups in total. The van der Waals surface area contributed by atoms with Crippen LogP contribution < -0.4 is 5.73 Å². The van der Waals surface area contributed by atoms with E-state index in [1.165, 1.54) is 11.1 Å². The van der Waals surface area contributed by atoms with Crippen LogP contribution >= 0.6 is 0 Å². The minimum Gasteiger partial charge on any atom is -0.398 e. The van der Waals surface area contributed by atoms with Gasteiger partial charge in [0.15, 0.2) is 0 Å². The molecule has 1 fully saturated rings. The number of para-hydroxylation sites is 1. The first-order valence-corrected chi connectivity index (χ1v) is 7.79. The zero-order valence-electron chi connectivity index (χ0n) is 13.1. The third-order valence-corrected chi connectivity index (χ3v) is 4.66. The fourth-order valence-electron chi connectivity index (χ4n) is 3.43. The van der Waals surface area contributed by atoms with E-state index >= 15 is 0 Å². The number of likely N-dealkylation sites (tertiary alicyclic amines) is 1. The third-order valence-electron chi connectivity index (χ3n) is 4.66. The lowest BCUT2D eigenvalue weighted by atomic mass is 9.93. The van der Waals surface area contributed by atoms with Crippen molar-refractivity contribution in [2.24, 2.45) is 0 Å². The predicted molar refractivity (Wildman–Crippen MR) is 89.9 cm³/mol. The Hall–Kier alpha value is -2.29. The van der Waals surface area contributed by atoms with Gasteiger partial charge in [-0.1, -0.05) is 36.4 Å². The van der Waals surface area contributed by atoms with Gasteiger partial charge in [-0.3, -0.25) is 4.79 Å². The number of hydrogen-bond acceptors (Lipinski definition) is 2. The van der Waals surface area contributed by atoms with Gasteiger partial charge in [0.25, 0.3) is 5.91 Å². The highest BCUT2D eigenvalue weighted by molar-refractivity contribution is 5.99. The molecule has 0 saturated carbocycles. The second kappa shape index (κ2) is 5.84. The number of benzene rings is 2. The predicted octanol–water partition coefficient (Wildman–Crippen LogP) is 3.60. The summed E-state index contributed by atoms with van der Waals surface area (Å²) >= 11 is 0. The molecular weight excluding hydrogens is 272 g/mol. The van der Waals surface area contributed by atoms with Crippen molar-refractivity contribution in [3.8, 4) is 0 Å². The van der Waals surface area contributed by atoms with E-state index in [9.17, 15) is 4.79 Å². The second-order valence-electron chi connectivity index (χ2n) is 6.18. The van der Waals surface area contributed by atoms with Crippen LogP contribution in [-0.2, 0) is 0 Å². The molecule has 3 nitrogen and oxygen atoms in total. The van der Waals surface area contributed by atoms with Gasteiger partial charge >= 0.3 is 0 Å². The van der Waals surface area contributed by atoms with Gasteiger partial charge in [0, 0.05) is 24.2 Å². The SMILES string of the molecule is Cc1ccccc1C1CC(C)N(C(=O)c2ccccc2N)C1. The van der Waals surface area contributed by atoms with Gasteiger partial charge in [-0.2, -0.15) is 0 Å². The molecular formula is C19H22N2O. The molecule has 1 aliphatic heterocycles. The summed E-state index contributed by atoms with van der Waals surface area (Å²) in [6.07, 6.45) is 1.00. The third kappa shape index (κ3) is 2.59. The summed E-state index contributed by atoms with van der Waals surface area (Å²) in [5.41, 5.74) is 9.77. The maximum Gasteiger partial charge on any atom is 0.256 e. The molecule has 0 spiro atoms. The van der Waals surface area contributed by atoms with Crippen molar-refractivity contribution in [1.29, 1.82) is 0 Å². The van der Waals surface area contributed by atoms with Gasteiger partial charge in [-0.05, 0) is 43.5 Å². The highest BCUT2D eigenvalue weighted by Crippen LogP contribution is 2.34. The number of nitrogen functional groups attached to an aromatic ring is 1. The average molecular weight is 294 g/mol. The fourth-order valence-corrected chi connectivity index (χ4v) is 3.43. The van der Waals surface area contributed by atoms with Crippen LogP contribution in [0, 0.1) is 6.92 Å². The Bertz CT molecular complexity index is 695. The van der Waals surface area contributed by atoms with Crippen molar-refractivity contribution < 1.29 is 4.79 Å². The number of hydrogen-bond donors (Lipinski definition) is 1. The van der Waals surface area contributed by atoms with Gasteiger partial charge in [0.1, 0.15) is 0 Å². The Labute approximate surface area is 131 Å². The normalized spacial score (nSPS) is 21.1. The van der Waals surface area contributed by atoms with E-state index in [2.05, 4.69) is 38.1 Å². The molecule has 0 aliphatic carbocycles. The molecule has 2 aromatic rings. The van der Waals surface area contributed by atoms with Gasteiger partial charge in [0.05, 0.1) is 5.56 Å². The molecule has 2 aromatic carbocycles. The maximum absolute atomic E-state index is 12.8. The molecule has 1 heterocycles. The number of anilines is 1. The number of carbonyl (C=O) groups excluding carboxylic acids is 1. The second-order valence-corrected chi connectivity index (χ2v) is 6.18. The van der Waals surface area contributed by atoms with E-state index < -0.39 is 0 Å². The van der Waals surface area contributed by atoms with Crippen LogP contribution in [0.3, 0.4) is 0 Å². The Balaban J connectivity index is 1.84. The van der Waals surface area contributed by atoms with E-state index in [1.807, 2.05) is 23.1 Å². The summed E-state index contributed by atoms with van der Waals surface area (Å²) in [5, 5.41) is 0. The van der Waals surface area contributed by atoms with Crippen molar-refractivity contribution in [3.05, 3.63) is 65.2 Å². The molecule has 0 radical (unpaired) electrons.